The number of sulfonamides is 1. The molecule has 0 amide bonds. The maximum Gasteiger partial charge on any atom is 0.419 e. The molecule has 0 saturated carbocycles. The average Bonchev–Trinajstić information content (AvgIpc) is 2.09. The van der Waals surface area contributed by atoms with Crippen LogP contribution in [0.25, 0.3) is 0 Å². The van der Waals surface area contributed by atoms with Gasteiger partial charge in [-0.15, -0.1) is 4.49 Å². The molecule has 0 atom stereocenters. The van der Waals surface area contributed by atoms with Crippen molar-refractivity contribution in [2.24, 2.45) is 0 Å². The van der Waals surface area contributed by atoms with Gasteiger partial charge in [0.2, 0.25) is 10.0 Å². The van der Waals surface area contributed by atoms with Crippen LogP contribution in [0.5, 0.6) is 0 Å². The summed E-state index contributed by atoms with van der Waals surface area (Å²) in [5, 5.41) is 0. The Morgan fingerprint density at radius 2 is 1.56 bits per heavy atom. The van der Waals surface area contributed by atoms with Gasteiger partial charge in [0, 0.05) is 7.11 Å². The predicted octanol–water partition coefficient (Wildman–Crippen LogP) is 1.51. The average molecular weight is 303 g/mol. The summed E-state index contributed by atoms with van der Waals surface area (Å²) >= 11 is 0. The topological polar surface area (TPSA) is 90.9 Å². The van der Waals surface area contributed by atoms with E-state index in [2.05, 4.69) is 4.74 Å². The van der Waals surface area contributed by atoms with Gasteiger partial charge in [0.05, 0.1) is 24.6 Å². The molecule has 1 N–H and O–H groups in total. The monoisotopic (exact) mass is 303 g/mol. The summed E-state index contributed by atoms with van der Waals surface area (Å²) < 4.78 is 52.3. The Kier molecular flexibility index (Phi) is 7.58. The van der Waals surface area contributed by atoms with Crippen LogP contribution in [-0.2, 0) is 28.4 Å². The van der Waals surface area contributed by atoms with E-state index in [9.17, 15) is 13.0 Å². The summed E-state index contributed by atoms with van der Waals surface area (Å²) in [7, 11) is -6.29. The smallest absolute Gasteiger partial charge is 0.384 e. The van der Waals surface area contributed by atoms with E-state index < -0.39 is 30.0 Å². The van der Waals surface area contributed by atoms with Crippen molar-refractivity contribution in [3.8, 4) is 0 Å². The minimum Gasteiger partial charge on any atom is -0.384 e. The summed E-state index contributed by atoms with van der Waals surface area (Å²) in [6, 6.07) is 0. The fourth-order valence-corrected chi connectivity index (χ4v) is 4.65. The predicted molar refractivity (Wildman–Crippen MR) is 68.8 cm³/mol. The first-order valence-corrected chi connectivity index (χ1v) is 8.77. The largest absolute Gasteiger partial charge is 0.419 e. The second-order valence-electron chi connectivity index (χ2n) is 4.21. The first kappa shape index (κ1) is 18.0. The molecule has 0 aromatic rings. The van der Waals surface area contributed by atoms with Gasteiger partial charge in [0.15, 0.2) is 0 Å². The third-order valence-electron chi connectivity index (χ3n) is 1.51. The normalized spacial score (nSPS) is 13.5. The molecule has 0 spiro atoms. The van der Waals surface area contributed by atoms with Gasteiger partial charge in [-0.1, -0.05) is 0 Å². The molecule has 0 aliphatic carbocycles. The van der Waals surface area contributed by atoms with E-state index in [1.807, 2.05) is 4.49 Å². The van der Waals surface area contributed by atoms with Crippen LogP contribution in [0, 0.1) is 0 Å². The van der Waals surface area contributed by atoms with Gasteiger partial charge in [-0.2, -0.15) is 0 Å². The van der Waals surface area contributed by atoms with Crippen molar-refractivity contribution in [2.75, 3.05) is 19.5 Å². The molecule has 18 heavy (non-hydrogen) atoms. The molecule has 9 heteroatoms. The highest BCUT2D eigenvalue weighted by Gasteiger charge is 2.33. The van der Waals surface area contributed by atoms with Crippen LogP contribution < -0.4 is 4.49 Å². The number of nitrogens with one attached hydrogen (secondary N) is 1. The summed E-state index contributed by atoms with van der Waals surface area (Å²) in [4.78, 5) is 0. The maximum atomic E-state index is 12.2. The van der Waals surface area contributed by atoms with Crippen molar-refractivity contribution in [3.63, 3.8) is 0 Å². The number of ether oxygens (including phenoxy) is 1. The van der Waals surface area contributed by atoms with E-state index in [4.69, 9.17) is 9.05 Å². The Hall–Kier alpha value is 0.0200. The zero-order chi connectivity index (χ0) is 14.4. The molecule has 0 unspecified atom stereocenters. The van der Waals surface area contributed by atoms with Gasteiger partial charge in [-0.3, -0.25) is 9.05 Å². The van der Waals surface area contributed by atoms with E-state index in [0.717, 1.165) is 0 Å². The Balaban J connectivity index is 4.83. The minimum absolute atomic E-state index is 0.00130. The van der Waals surface area contributed by atoms with Crippen LogP contribution in [0.3, 0.4) is 0 Å². The Morgan fingerprint density at radius 1 is 1.11 bits per heavy atom. The summed E-state index contributed by atoms with van der Waals surface area (Å²) in [5.74, 6) is -0.309. The van der Waals surface area contributed by atoms with Crippen molar-refractivity contribution in [2.45, 2.75) is 39.9 Å². The maximum absolute atomic E-state index is 12.2. The summed E-state index contributed by atoms with van der Waals surface area (Å²) in [6.45, 7) is 6.55. The van der Waals surface area contributed by atoms with Crippen LogP contribution in [0.2, 0.25) is 0 Å². The third kappa shape index (κ3) is 8.18. The van der Waals surface area contributed by atoms with Crippen LogP contribution in [0.1, 0.15) is 27.7 Å². The molecule has 0 rings (SSSR count). The summed E-state index contributed by atoms with van der Waals surface area (Å²) in [5.41, 5.74) is 0. The van der Waals surface area contributed by atoms with Crippen LogP contribution in [-0.4, -0.2) is 40.1 Å². The first-order valence-electron chi connectivity index (χ1n) is 5.58. The molecule has 0 fully saturated rings. The van der Waals surface area contributed by atoms with Gasteiger partial charge < -0.3 is 4.74 Å². The van der Waals surface area contributed by atoms with E-state index in [1.54, 1.807) is 27.7 Å². The molecular weight excluding hydrogens is 281 g/mol. The van der Waals surface area contributed by atoms with Crippen LogP contribution in [0.4, 0.5) is 0 Å². The molecular formula is C9H22NO6PS. The highest BCUT2D eigenvalue weighted by atomic mass is 32.2. The van der Waals surface area contributed by atoms with Gasteiger partial charge >= 0.3 is 7.75 Å². The number of rotatable bonds is 9. The van der Waals surface area contributed by atoms with Crippen LogP contribution in [0.15, 0.2) is 0 Å². The van der Waals surface area contributed by atoms with E-state index in [0.29, 0.717) is 0 Å². The molecule has 0 aliphatic heterocycles. The fourth-order valence-electron chi connectivity index (χ4n) is 1.03. The quantitative estimate of drug-likeness (QED) is 0.649. The molecule has 0 heterocycles. The molecule has 0 bridgehead atoms. The van der Waals surface area contributed by atoms with E-state index >= 15 is 0 Å². The Morgan fingerprint density at radius 3 is 1.89 bits per heavy atom. The fraction of sp³-hybridized carbons (Fsp3) is 1.00. The number of hydrogen-bond donors (Lipinski definition) is 1. The van der Waals surface area contributed by atoms with Crippen molar-refractivity contribution in [3.05, 3.63) is 0 Å². The lowest BCUT2D eigenvalue weighted by Gasteiger charge is -2.22. The molecule has 0 aromatic carbocycles. The zero-order valence-corrected chi connectivity index (χ0v) is 13.1. The molecule has 0 aromatic heterocycles. The second-order valence-corrected chi connectivity index (χ2v) is 7.99. The zero-order valence-electron chi connectivity index (χ0n) is 11.4. The standard InChI is InChI=1S/C9H22NO6PS/c1-8(2)15-17(11,16-9(3)4)10-18(12,13)7-6-14-5/h8-9H,6-7H2,1-5H3,(H,10,11). The SMILES string of the molecule is COCCS(=O)(=O)NP(=O)(OC(C)C)OC(C)C. The second kappa shape index (κ2) is 7.57. The van der Waals surface area contributed by atoms with Crippen molar-refractivity contribution in [1.82, 2.24) is 4.49 Å². The van der Waals surface area contributed by atoms with Gasteiger partial charge in [0.1, 0.15) is 0 Å². The molecule has 0 aliphatic rings. The van der Waals surface area contributed by atoms with Gasteiger partial charge in [-0.05, 0) is 27.7 Å². The Bertz CT molecular complexity index is 367. The highest BCUT2D eigenvalue weighted by Crippen LogP contribution is 2.47. The number of methoxy groups -OCH3 is 1. The molecule has 110 valence electrons. The minimum atomic E-state index is -3.89. The van der Waals surface area contributed by atoms with Crippen molar-refractivity contribution >= 4 is 17.8 Å². The molecule has 0 radical (unpaired) electrons. The highest BCUT2D eigenvalue weighted by molar-refractivity contribution is 7.94. The number of hydrogen-bond acceptors (Lipinski definition) is 6. The molecule has 7 nitrogen and oxygen atoms in total. The van der Waals surface area contributed by atoms with E-state index in [1.165, 1.54) is 7.11 Å². The lowest BCUT2D eigenvalue weighted by Crippen LogP contribution is -2.29. The lowest BCUT2D eigenvalue weighted by atomic mass is 10.5. The van der Waals surface area contributed by atoms with Gasteiger partial charge in [0.25, 0.3) is 0 Å². The van der Waals surface area contributed by atoms with Crippen molar-refractivity contribution in [1.29, 1.82) is 0 Å². The lowest BCUT2D eigenvalue weighted by molar-refractivity contribution is 0.140. The van der Waals surface area contributed by atoms with Gasteiger partial charge in [-0.25, -0.2) is 13.0 Å². The molecule has 0 saturated heterocycles. The Labute approximate surface area is 109 Å². The van der Waals surface area contributed by atoms with Crippen molar-refractivity contribution < 1.29 is 26.8 Å². The van der Waals surface area contributed by atoms with E-state index in [-0.39, 0.29) is 12.4 Å². The van der Waals surface area contributed by atoms with Crippen LogP contribution >= 0.6 is 7.75 Å². The third-order valence-corrected chi connectivity index (χ3v) is 5.62. The summed E-state index contributed by atoms with van der Waals surface area (Å²) in [6.07, 6.45) is -0.862. The first-order chi connectivity index (χ1) is 8.10.